The van der Waals surface area contributed by atoms with E-state index in [1.807, 2.05) is 12.1 Å². The lowest BCUT2D eigenvalue weighted by Crippen LogP contribution is -2.32. The highest BCUT2D eigenvalue weighted by Crippen LogP contribution is 2.05. The SMILES string of the molecule is CCNCCNC(=O)Cc1ccc(CC)cc1.Cl. The van der Waals surface area contributed by atoms with Gasteiger partial charge in [-0.1, -0.05) is 38.1 Å². The Morgan fingerprint density at radius 1 is 1.06 bits per heavy atom. The molecule has 18 heavy (non-hydrogen) atoms. The van der Waals surface area contributed by atoms with Gasteiger partial charge in [-0.25, -0.2) is 0 Å². The van der Waals surface area contributed by atoms with Crippen LogP contribution in [0.15, 0.2) is 24.3 Å². The molecule has 2 N–H and O–H groups in total. The van der Waals surface area contributed by atoms with Crippen LogP contribution in [0.3, 0.4) is 0 Å². The molecule has 0 aliphatic heterocycles. The van der Waals surface area contributed by atoms with E-state index >= 15 is 0 Å². The highest BCUT2D eigenvalue weighted by Gasteiger charge is 2.02. The minimum Gasteiger partial charge on any atom is -0.355 e. The van der Waals surface area contributed by atoms with E-state index in [0.29, 0.717) is 13.0 Å². The Kier molecular flexibility index (Phi) is 9.33. The fourth-order valence-corrected chi connectivity index (χ4v) is 1.61. The van der Waals surface area contributed by atoms with Gasteiger partial charge < -0.3 is 10.6 Å². The van der Waals surface area contributed by atoms with Crippen molar-refractivity contribution in [2.24, 2.45) is 0 Å². The van der Waals surface area contributed by atoms with E-state index in [9.17, 15) is 4.79 Å². The molecule has 0 aliphatic rings. The topological polar surface area (TPSA) is 41.1 Å². The number of likely N-dealkylation sites (N-methyl/N-ethyl adjacent to an activating group) is 1. The predicted octanol–water partition coefficient (Wildman–Crippen LogP) is 1.94. The molecule has 0 aromatic heterocycles. The molecule has 0 aliphatic carbocycles. The van der Waals surface area contributed by atoms with Crippen molar-refractivity contribution in [2.45, 2.75) is 26.7 Å². The van der Waals surface area contributed by atoms with Crippen molar-refractivity contribution in [2.75, 3.05) is 19.6 Å². The van der Waals surface area contributed by atoms with Gasteiger partial charge in [-0.05, 0) is 24.1 Å². The van der Waals surface area contributed by atoms with E-state index in [0.717, 1.165) is 25.1 Å². The average Bonchev–Trinajstić information content (AvgIpc) is 2.36. The summed E-state index contributed by atoms with van der Waals surface area (Å²) in [5, 5.41) is 6.06. The maximum atomic E-state index is 11.6. The standard InChI is InChI=1S/C14H22N2O.ClH/c1-3-12-5-7-13(8-6-12)11-14(17)16-10-9-15-4-2;/h5-8,15H,3-4,9-11H2,1-2H3,(H,16,17);1H. The van der Waals surface area contributed by atoms with Crippen LogP contribution in [0.25, 0.3) is 0 Å². The smallest absolute Gasteiger partial charge is 0.224 e. The minimum absolute atomic E-state index is 0. The number of halogens is 1. The Morgan fingerprint density at radius 2 is 1.67 bits per heavy atom. The van der Waals surface area contributed by atoms with Crippen LogP contribution in [0.1, 0.15) is 25.0 Å². The number of carbonyl (C=O) groups is 1. The molecule has 4 heteroatoms. The van der Waals surface area contributed by atoms with E-state index in [1.165, 1.54) is 5.56 Å². The summed E-state index contributed by atoms with van der Waals surface area (Å²) in [6, 6.07) is 8.23. The summed E-state index contributed by atoms with van der Waals surface area (Å²) >= 11 is 0. The zero-order valence-corrected chi connectivity index (χ0v) is 12.0. The molecule has 0 radical (unpaired) electrons. The average molecular weight is 271 g/mol. The molecule has 3 nitrogen and oxygen atoms in total. The van der Waals surface area contributed by atoms with Crippen molar-refractivity contribution in [3.63, 3.8) is 0 Å². The highest BCUT2D eigenvalue weighted by atomic mass is 35.5. The number of rotatable bonds is 7. The third-order valence-electron chi connectivity index (χ3n) is 2.67. The lowest BCUT2D eigenvalue weighted by molar-refractivity contribution is -0.120. The Hall–Kier alpha value is -1.06. The maximum absolute atomic E-state index is 11.6. The van der Waals surface area contributed by atoms with Crippen molar-refractivity contribution in [3.05, 3.63) is 35.4 Å². The van der Waals surface area contributed by atoms with E-state index in [2.05, 4.69) is 36.6 Å². The van der Waals surface area contributed by atoms with Gasteiger partial charge >= 0.3 is 0 Å². The molecule has 0 heterocycles. The monoisotopic (exact) mass is 270 g/mol. The fourth-order valence-electron chi connectivity index (χ4n) is 1.61. The third-order valence-corrected chi connectivity index (χ3v) is 2.67. The van der Waals surface area contributed by atoms with E-state index in [-0.39, 0.29) is 18.3 Å². The quantitative estimate of drug-likeness (QED) is 0.744. The fraction of sp³-hybridized carbons (Fsp3) is 0.500. The van der Waals surface area contributed by atoms with Gasteiger partial charge in [-0.2, -0.15) is 0 Å². The number of carbonyl (C=O) groups excluding carboxylic acids is 1. The molecule has 1 rings (SSSR count). The molecule has 0 atom stereocenters. The summed E-state index contributed by atoms with van der Waals surface area (Å²) in [4.78, 5) is 11.6. The number of benzene rings is 1. The summed E-state index contributed by atoms with van der Waals surface area (Å²) in [6.07, 6.45) is 1.51. The van der Waals surface area contributed by atoms with Crippen molar-refractivity contribution in [1.82, 2.24) is 10.6 Å². The van der Waals surface area contributed by atoms with Crippen LogP contribution in [0.4, 0.5) is 0 Å². The van der Waals surface area contributed by atoms with Gasteiger partial charge in [0.1, 0.15) is 0 Å². The lowest BCUT2D eigenvalue weighted by atomic mass is 10.1. The van der Waals surface area contributed by atoms with Gasteiger partial charge in [0.15, 0.2) is 0 Å². The summed E-state index contributed by atoms with van der Waals surface area (Å²) in [7, 11) is 0. The van der Waals surface area contributed by atoms with E-state index in [4.69, 9.17) is 0 Å². The Bertz CT molecular complexity index is 338. The molecule has 0 spiro atoms. The lowest BCUT2D eigenvalue weighted by Gasteiger charge is -2.06. The first-order valence-corrected chi connectivity index (χ1v) is 6.31. The second-order valence-corrected chi connectivity index (χ2v) is 4.05. The molecule has 1 aromatic rings. The third kappa shape index (κ3) is 6.62. The maximum Gasteiger partial charge on any atom is 0.224 e. The number of amides is 1. The summed E-state index contributed by atoms with van der Waals surface area (Å²) in [5.74, 6) is 0.0900. The van der Waals surface area contributed by atoms with E-state index in [1.54, 1.807) is 0 Å². The van der Waals surface area contributed by atoms with Crippen molar-refractivity contribution >= 4 is 18.3 Å². The highest BCUT2D eigenvalue weighted by molar-refractivity contribution is 5.85. The van der Waals surface area contributed by atoms with Crippen molar-refractivity contribution in [1.29, 1.82) is 0 Å². The van der Waals surface area contributed by atoms with Gasteiger partial charge in [0, 0.05) is 13.1 Å². The largest absolute Gasteiger partial charge is 0.355 e. The van der Waals surface area contributed by atoms with Gasteiger partial charge in [0.05, 0.1) is 6.42 Å². The molecule has 0 bridgehead atoms. The van der Waals surface area contributed by atoms with Crippen LogP contribution in [0.2, 0.25) is 0 Å². The van der Waals surface area contributed by atoms with Crippen molar-refractivity contribution in [3.8, 4) is 0 Å². The number of aryl methyl sites for hydroxylation is 1. The molecule has 1 amide bonds. The molecule has 102 valence electrons. The first-order valence-electron chi connectivity index (χ1n) is 6.31. The summed E-state index contributed by atoms with van der Waals surface area (Å²) in [6.45, 7) is 6.64. The Balaban J connectivity index is 0.00000289. The molecule has 0 unspecified atom stereocenters. The molecule has 0 saturated heterocycles. The predicted molar refractivity (Wildman–Crippen MR) is 78.3 cm³/mol. The van der Waals surface area contributed by atoms with Gasteiger partial charge in [-0.3, -0.25) is 4.79 Å². The van der Waals surface area contributed by atoms with Crippen LogP contribution in [0.5, 0.6) is 0 Å². The van der Waals surface area contributed by atoms with Gasteiger partial charge in [0.2, 0.25) is 5.91 Å². The number of hydrogen-bond donors (Lipinski definition) is 2. The van der Waals surface area contributed by atoms with Crippen LogP contribution in [-0.4, -0.2) is 25.5 Å². The Labute approximate surface area is 116 Å². The molecule has 0 fully saturated rings. The van der Waals surface area contributed by atoms with Crippen LogP contribution in [0, 0.1) is 0 Å². The van der Waals surface area contributed by atoms with Gasteiger partial charge in [0.25, 0.3) is 0 Å². The Morgan fingerprint density at radius 3 is 2.22 bits per heavy atom. The van der Waals surface area contributed by atoms with Crippen LogP contribution in [-0.2, 0) is 17.6 Å². The number of nitrogens with one attached hydrogen (secondary N) is 2. The minimum atomic E-state index is 0. The van der Waals surface area contributed by atoms with Crippen LogP contribution >= 0.6 is 12.4 Å². The molecular formula is C14H23ClN2O. The summed E-state index contributed by atoms with van der Waals surface area (Å²) in [5.41, 5.74) is 2.38. The number of hydrogen-bond acceptors (Lipinski definition) is 2. The van der Waals surface area contributed by atoms with Gasteiger partial charge in [-0.15, -0.1) is 12.4 Å². The normalized spacial score (nSPS) is 9.67. The van der Waals surface area contributed by atoms with E-state index < -0.39 is 0 Å². The van der Waals surface area contributed by atoms with Crippen LogP contribution < -0.4 is 10.6 Å². The van der Waals surface area contributed by atoms with Crippen molar-refractivity contribution < 1.29 is 4.79 Å². The zero-order valence-electron chi connectivity index (χ0n) is 11.2. The second-order valence-electron chi connectivity index (χ2n) is 4.05. The first-order chi connectivity index (χ1) is 8.26. The molecule has 0 saturated carbocycles. The first kappa shape index (κ1) is 16.9. The molecule has 1 aromatic carbocycles. The summed E-state index contributed by atoms with van der Waals surface area (Å²) < 4.78 is 0. The second kappa shape index (κ2) is 9.92. The molecular weight excluding hydrogens is 248 g/mol. The zero-order chi connectivity index (χ0) is 12.5.